The number of hydrogen-bond acceptors (Lipinski definition) is 14. The van der Waals surface area contributed by atoms with E-state index in [9.17, 15) is 64.5 Å². The number of nitrogens with two attached hydrogens (primary N) is 1. The van der Waals surface area contributed by atoms with Crippen LogP contribution in [0.1, 0.15) is 41.4 Å². The van der Waals surface area contributed by atoms with Crippen LogP contribution in [0.3, 0.4) is 0 Å². The summed E-state index contributed by atoms with van der Waals surface area (Å²) in [6.45, 7) is -5.13. The molecule has 25 heteroatoms. The second-order valence-electron chi connectivity index (χ2n) is 11.7. The SMILES string of the molecule is CN(CC(=O)N(CC(=O)c1c(I)c(NC(=O)CO)c(I)c(C(=O)NCC(O)CO)c1I)c1c(I)c(C(N)=O)c(I)c(C(=O)NCC(O)CO)c1I)CC(O)CO. The Hall–Kier alpha value is -0.480. The minimum absolute atomic E-state index is 0.0315. The summed E-state index contributed by atoms with van der Waals surface area (Å²) in [5.41, 5.74) is 5.04. The van der Waals surface area contributed by atoms with E-state index in [1.54, 1.807) is 136 Å². The molecule has 0 bridgehead atoms. The summed E-state index contributed by atoms with van der Waals surface area (Å²) in [6.07, 6.45) is -3.88. The zero-order valence-corrected chi connectivity index (χ0v) is 41.9. The van der Waals surface area contributed by atoms with Crippen molar-refractivity contribution >= 4 is 182 Å². The van der Waals surface area contributed by atoms with Crippen LogP contribution in [0.25, 0.3) is 0 Å². The number of Topliss-reactive ketones (excluding diaryl/α,β-unsaturated/α-hetero) is 1. The molecule has 0 saturated carbocycles. The molecule has 5 amide bonds. The molecule has 0 fully saturated rings. The summed E-state index contributed by atoms with van der Waals surface area (Å²) >= 11 is 10.5. The van der Waals surface area contributed by atoms with Crippen LogP contribution in [0.5, 0.6) is 0 Å². The van der Waals surface area contributed by atoms with Gasteiger partial charge < -0.3 is 62.3 Å². The third-order valence-corrected chi connectivity index (χ3v) is 13.8. The summed E-state index contributed by atoms with van der Waals surface area (Å²) < 4.78 is 0.541. The molecule has 3 atom stereocenters. The summed E-state index contributed by atoms with van der Waals surface area (Å²) in [7, 11) is 1.46. The number of hydrogen-bond donors (Lipinski definition) is 11. The van der Waals surface area contributed by atoms with Crippen LogP contribution in [-0.2, 0) is 9.59 Å². The first-order valence-electron chi connectivity index (χ1n) is 15.7. The van der Waals surface area contributed by atoms with Crippen molar-refractivity contribution in [3.63, 3.8) is 0 Å². The van der Waals surface area contributed by atoms with Gasteiger partial charge in [-0.25, -0.2) is 0 Å². The summed E-state index contributed by atoms with van der Waals surface area (Å²) in [6, 6.07) is 0. The lowest BCUT2D eigenvalue weighted by Gasteiger charge is -2.30. The number of carbonyl (C=O) groups is 6. The van der Waals surface area contributed by atoms with Crippen molar-refractivity contribution in [3.8, 4) is 0 Å². The van der Waals surface area contributed by atoms with Gasteiger partial charge in [-0.3, -0.25) is 33.7 Å². The average molecular weight is 1460 g/mol. The smallest absolute Gasteiger partial charge is 0.253 e. The van der Waals surface area contributed by atoms with Crippen LogP contribution in [0.15, 0.2) is 0 Å². The van der Waals surface area contributed by atoms with Gasteiger partial charge in [-0.2, -0.15) is 0 Å². The fourth-order valence-electron chi connectivity index (χ4n) is 4.74. The van der Waals surface area contributed by atoms with E-state index in [0.29, 0.717) is 0 Å². The number of benzene rings is 2. The maximum absolute atomic E-state index is 14.6. The molecule has 3 unspecified atom stereocenters. The van der Waals surface area contributed by atoms with Gasteiger partial charge in [-0.1, -0.05) is 0 Å². The molecule has 12 N–H and O–H groups in total. The Labute approximate surface area is 401 Å². The number of aliphatic hydroxyl groups excluding tert-OH is 7. The summed E-state index contributed by atoms with van der Waals surface area (Å²) in [5, 5.41) is 74.5. The second kappa shape index (κ2) is 24.1. The molecule has 2 aromatic carbocycles. The van der Waals surface area contributed by atoms with Crippen molar-refractivity contribution in [1.82, 2.24) is 15.5 Å². The topological polar surface area (TPSA) is 313 Å². The molecule has 0 radical (unpaired) electrons. The van der Waals surface area contributed by atoms with Gasteiger partial charge in [0.2, 0.25) is 11.8 Å². The van der Waals surface area contributed by atoms with Gasteiger partial charge in [-0.15, -0.1) is 0 Å². The van der Waals surface area contributed by atoms with Crippen LogP contribution in [0.2, 0.25) is 0 Å². The van der Waals surface area contributed by atoms with Crippen molar-refractivity contribution in [1.29, 1.82) is 0 Å². The molecule has 0 heterocycles. The van der Waals surface area contributed by atoms with Gasteiger partial charge in [-0.05, 0) is 143 Å². The van der Waals surface area contributed by atoms with Gasteiger partial charge in [0.05, 0.1) is 90.0 Å². The Morgan fingerprint density at radius 3 is 1.55 bits per heavy atom. The lowest BCUT2D eigenvalue weighted by atomic mass is 10.0. The largest absolute Gasteiger partial charge is 0.394 e. The third kappa shape index (κ3) is 13.3. The van der Waals surface area contributed by atoms with Gasteiger partial charge in [0.15, 0.2) is 5.78 Å². The van der Waals surface area contributed by atoms with Gasteiger partial charge in [0.1, 0.15) is 6.61 Å². The highest BCUT2D eigenvalue weighted by atomic mass is 127. The highest BCUT2D eigenvalue weighted by Crippen LogP contribution is 2.40. The van der Waals surface area contributed by atoms with Crippen LogP contribution < -0.4 is 26.6 Å². The Morgan fingerprint density at radius 1 is 0.643 bits per heavy atom. The first-order valence-corrected chi connectivity index (χ1v) is 22.2. The zero-order chi connectivity index (χ0) is 42.8. The molecule has 310 valence electrons. The van der Waals surface area contributed by atoms with E-state index >= 15 is 0 Å². The number of likely N-dealkylation sites (N-methyl/N-ethyl adjacent to an activating group) is 1. The first kappa shape index (κ1) is 51.7. The van der Waals surface area contributed by atoms with Crippen LogP contribution in [-0.4, -0.2) is 160 Å². The average Bonchev–Trinajstić information content (AvgIpc) is 3.13. The number of nitrogens with zero attached hydrogens (tertiary/aromatic N) is 2. The Morgan fingerprint density at radius 2 is 1.09 bits per heavy atom. The third-order valence-electron chi connectivity index (χ3n) is 7.43. The van der Waals surface area contributed by atoms with Crippen molar-refractivity contribution < 1.29 is 64.5 Å². The Bertz CT molecular complexity index is 1860. The predicted molar refractivity (Wildman–Crippen MR) is 252 cm³/mol. The molecular weight excluding hydrogens is 1430 g/mol. The number of nitrogens with one attached hydrogen (secondary N) is 3. The van der Waals surface area contributed by atoms with Crippen molar-refractivity contribution in [2.45, 2.75) is 18.3 Å². The molecule has 0 saturated heterocycles. The summed E-state index contributed by atoms with van der Waals surface area (Å²) in [4.78, 5) is 83.7. The number of anilines is 2. The van der Waals surface area contributed by atoms with Crippen LogP contribution in [0.4, 0.5) is 11.4 Å². The van der Waals surface area contributed by atoms with E-state index < -0.39 is 93.1 Å². The molecule has 19 nitrogen and oxygen atoms in total. The number of ketones is 1. The number of amides is 5. The minimum Gasteiger partial charge on any atom is -0.394 e. The molecule has 0 aliphatic carbocycles. The maximum atomic E-state index is 14.6. The van der Waals surface area contributed by atoms with E-state index in [4.69, 9.17) is 5.73 Å². The number of aliphatic hydroxyl groups is 7. The highest BCUT2D eigenvalue weighted by Gasteiger charge is 2.35. The van der Waals surface area contributed by atoms with E-state index in [1.165, 1.54) is 11.9 Å². The number of carbonyl (C=O) groups excluding carboxylic acids is 6. The number of primary amides is 1. The molecular formula is C31H36I6N6O13. The van der Waals surface area contributed by atoms with E-state index in [0.717, 1.165) is 4.90 Å². The fraction of sp³-hybridized carbons (Fsp3) is 0.419. The normalized spacial score (nSPS) is 12.8. The van der Waals surface area contributed by atoms with Gasteiger partial charge in [0, 0.05) is 35.9 Å². The second-order valence-corrected chi connectivity index (χ2v) is 18.2. The van der Waals surface area contributed by atoms with E-state index in [-0.39, 0.29) is 74.7 Å². The van der Waals surface area contributed by atoms with Crippen molar-refractivity contribution in [3.05, 3.63) is 43.7 Å². The molecule has 56 heavy (non-hydrogen) atoms. The van der Waals surface area contributed by atoms with E-state index in [1.807, 2.05) is 0 Å². The summed E-state index contributed by atoms with van der Waals surface area (Å²) in [5.74, 6) is -5.10. The molecule has 0 aliphatic heterocycles. The molecule has 0 aliphatic rings. The fourth-order valence-corrected chi connectivity index (χ4v) is 14.0. The Kier molecular flexibility index (Phi) is 22.2. The molecule has 0 aromatic heterocycles. The predicted octanol–water partition coefficient (Wildman–Crippen LogP) is -0.989. The lowest BCUT2D eigenvalue weighted by Crippen LogP contribution is -2.45. The maximum Gasteiger partial charge on any atom is 0.253 e. The highest BCUT2D eigenvalue weighted by molar-refractivity contribution is 14.1. The van der Waals surface area contributed by atoms with Gasteiger partial charge in [0.25, 0.3) is 17.7 Å². The lowest BCUT2D eigenvalue weighted by molar-refractivity contribution is -0.120. The minimum atomic E-state index is -1.33. The first-order chi connectivity index (χ1) is 26.2. The van der Waals surface area contributed by atoms with E-state index in [2.05, 4.69) is 16.0 Å². The zero-order valence-electron chi connectivity index (χ0n) is 28.9. The Balaban J connectivity index is 2.99. The quantitative estimate of drug-likeness (QED) is 0.0561. The number of halogens is 6. The standard InChI is InChI=1S/C31H36I6N6O13/c1-42(4-13(50)9-46)6-16(53)43(28-25(36)18(29(38)54)22(33)20(26(28)37)31(56)40-3-12(49)8-45)5-14(51)17-21(32)19(30(55)39-2-11(48)7-44)24(35)27(23(17)34)41-15(52)10-47/h11-13,44-50H,2-10H2,1H3,(H2,38,54)(H,39,55)(H,40,56)(H,41,52). The van der Waals surface area contributed by atoms with Crippen LogP contribution in [0, 0.1) is 21.4 Å². The molecule has 0 spiro atoms. The van der Waals surface area contributed by atoms with Crippen molar-refractivity contribution in [2.24, 2.45) is 5.73 Å². The van der Waals surface area contributed by atoms with Gasteiger partial charge >= 0.3 is 0 Å². The monoisotopic (exact) mass is 1460 g/mol. The molecule has 2 aromatic rings. The van der Waals surface area contributed by atoms with Crippen molar-refractivity contribution in [2.75, 3.05) is 76.4 Å². The molecule has 2 rings (SSSR count). The van der Waals surface area contributed by atoms with Crippen LogP contribution >= 0.6 is 136 Å². The number of rotatable bonds is 20.